The number of amides is 1. The lowest BCUT2D eigenvalue weighted by Gasteiger charge is -2.23. The zero-order valence-corrected chi connectivity index (χ0v) is 20.3. The molecule has 1 aliphatic rings. The predicted octanol–water partition coefficient (Wildman–Crippen LogP) is 3.08. The molecule has 2 heterocycles. The average molecular weight is 488 g/mol. The minimum absolute atomic E-state index is 0.356. The fourth-order valence-electron chi connectivity index (χ4n) is 4.04. The zero-order valence-electron chi connectivity index (χ0n) is 18.6. The number of nitrogens with one attached hydrogen (secondary N) is 1. The lowest BCUT2D eigenvalue weighted by Crippen LogP contribution is -2.37. The Hall–Kier alpha value is -2.95. The van der Waals surface area contributed by atoms with Crippen LogP contribution in [0.4, 0.5) is 10.7 Å². The highest BCUT2D eigenvalue weighted by Crippen LogP contribution is 2.37. The van der Waals surface area contributed by atoms with Crippen LogP contribution in [0.5, 0.6) is 0 Å². The van der Waals surface area contributed by atoms with Crippen LogP contribution in [-0.4, -0.2) is 58.7 Å². The highest BCUT2D eigenvalue weighted by atomic mass is 32.2. The number of hydrogen-bond donors (Lipinski definition) is 1. The highest BCUT2D eigenvalue weighted by molar-refractivity contribution is 7.92. The van der Waals surface area contributed by atoms with Crippen molar-refractivity contribution in [2.75, 3.05) is 43.1 Å². The molecule has 2 aromatic carbocycles. The number of esters is 1. The predicted molar refractivity (Wildman–Crippen MR) is 130 cm³/mol. The first kappa shape index (κ1) is 23.2. The van der Waals surface area contributed by atoms with Gasteiger partial charge in [0.15, 0.2) is 0 Å². The normalized spacial score (nSPS) is 14.0. The molecular weight excluding hydrogens is 462 g/mol. The Morgan fingerprint density at radius 1 is 1.18 bits per heavy atom. The summed E-state index contributed by atoms with van der Waals surface area (Å²) in [6.45, 7) is 1.05. The minimum atomic E-state index is -3.76. The van der Waals surface area contributed by atoms with Gasteiger partial charge in [0.25, 0.3) is 0 Å². The highest BCUT2D eigenvalue weighted by Gasteiger charge is 2.29. The second-order valence-electron chi connectivity index (χ2n) is 8.00. The van der Waals surface area contributed by atoms with E-state index >= 15 is 0 Å². The number of carbonyl (C=O) groups excluding carboxylic acids is 2. The van der Waals surface area contributed by atoms with E-state index in [-0.39, 0.29) is 0 Å². The third-order valence-corrected chi connectivity index (χ3v) is 7.87. The summed E-state index contributed by atoms with van der Waals surface area (Å²) < 4.78 is 31.3. The van der Waals surface area contributed by atoms with Crippen molar-refractivity contribution in [2.24, 2.45) is 0 Å². The molecule has 10 heteroatoms. The molecule has 4 rings (SSSR count). The molecule has 0 saturated heterocycles. The molecule has 174 valence electrons. The van der Waals surface area contributed by atoms with Crippen molar-refractivity contribution >= 4 is 54.7 Å². The van der Waals surface area contributed by atoms with Gasteiger partial charge in [0.05, 0.1) is 24.6 Å². The molecule has 1 amide bonds. The summed E-state index contributed by atoms with van der Waals surface area (Å²) in [4.78, 5) is 28.7. The molecule has 0 bridgehead atoms. The number of fused-ring (bicyclic) bond motifs is 2. The van der Waals surface area contributed by atoms with E-state index in [0.29, 0.717) is 29.2 Å². The number of carbonyl (C=O) groups is 2. The van der Waals surface area contributed by atoms with E-state index in [2.05, 4.69) is 10.2 Å². The monoisotopic (exact) mass is 487 g/mol. The molecule has 1 aliphatic heterocycles. The van der Waals surface area contributed by atoms with Crippen molar-refractivity contribution in [1.82, 2.24) is 4.90 Å². The molecular formula is C23H25N3O5S2. The number of benzene rings is 2. The second-order valence-corrected chi connectivity index (χ2v) is 11.0. The van der Waals surface area contributed by atoms with Crippen LogP contribution in [0.2, 0.25) is 0 Å². The van der Waals surface area contributed by atoms with Crippen molar-refractivity contribution in [2.45, 2.75) is 13.0 Å². The largest absolute Gasteiger partial charge is 0.465 e. The quantitative estimate of drug-likeness (QED) is 0.537. The fraction of sp³-hybridized carbons (Fsp3) is 0.304. The van der Waals surface area contributed by atoms with Gasteiger partial charge in [-0.3, -0.25) is 9.10 Å². The summed E-state index contributed by atoms with van der Waals surface area (Å²) >= 11 is 1.33. The number of ether oxygens (including phenoxy) is 1. The molecule has 0 aliphatic carbocycles. The third-order valence-electron chi connectivity index (χ3n) is 5.61. The first-order chi connectivity index (χ1) is 15.7. The number of sulfonamides is 1. The van der Waals surface area contributed by atoms with Crippen molar-refractivity contribution < 1.29 is 22.7 Å². The van der Waals surface area contributed by atoms with Gasteiger partial charge in [0.2, 0.25) is 15.9 Å². The number of methoxy groups -OCH3 is 1. The van der Waals surface area contributed by atoms with Crippen molar-refractivity contribution in [3.05, 3.63) is 58.5 Å². The van der Waals surface area contributed by atoms with E-state index in [1.165, 1.54) is 18.4 Å². The molecule has 0 spiro atoms. The van der Waals surface area contributed by atoms with Crippen LogP contribution in [0.25, 0.3) is 10.8 Å². The Labute approximate surface area is 196 Å². The maximum atomic E-state index is 13.0. The molecule has 33 heavy (non-hydrogen) atoms. The smallest absolute Gasteiger partial charge is 0.341 e. The summed E-state index contributed by atoms with van der Waals surface area (Å²) in [6.07, 6.45) is 1.75. The Bertz CT molecular complexity index is 1330. The number of likely N-dealkylation sites (N-methyl/N-ethyl adjacent to an activating group) is 1. The summed E-state index contributed by atoms with van der Waals surface area (Å²) in [7, 11) is -0.462. The van der Waals surface area contributed by atoms with E-state index in [9.17, 15) is 18.0 Å². The Kier molecular flexibility index (Phi) is 6.42. The van der Waals surface area contributed by atoms with Gasteiger partial charge in [0, 0.05) is 23.4 Å². The Morgan fingerprint density at radius 2 is 1.91 bits per heavy atom. The summed E-state index contributed by atoms with van der Waals surface area (Å²) in [5.74, 6) is -1.05. The third kappa shape index (κ3) is 4.73. The van der Waals surface area contributed by atoms with Crippen LogP contribution in [0, 0.1) is 0 Å². The van der Waals surface area contributed by atoms with Gasteiger partial charge in [0.1, 0.15) is 11.5 Å². The standard InChI is InChI=1S/C23H25N3O5S2/c1-25-12-11-17-19(13-25)32-22(21(17)23(28)31-2)24-20(27)14-26(33(3,29)30)18-10-6-8-15-7-4-5-9-16(15)18/h4-10H,11-14H2,1-3H3,(H,24,27). The Morgan fingerprint density at radius 3 is 2.64 bits per heavy atom. The van der Waals surface area contributed by atoms with Crippen molar-refractivity contribution in [1.29, 1.82) is 0 Å². The summed E-state index contributed by atoms with van der Waals surface area (Å²) in [5, 5.41) is 4.75. The number of anilines is 2. The fourth-order valence-corrected chi connectivity index (χ4v) is 6.24. The van der Waals surface area contributed by atoms with Gasteiger partial charge >= 0.3 is 5.97 Å². The van der Waals surface area contributed by atoms with Crippen LogP contribution < -0.4 is 9.62 Å². The SMILES string of the molecule is COC(=O)c1c(NC(=O)CN(c2cccc3ccccc23)S(C)(=O)=O)sc2c1CCN(C)C2. The van der Waals surface area contributed by atoms with Gasteiger partial charge < -0.3 is 15.0 Å². The van der Waals surface area contributed by atoms with Crippen LogP contribution in [-0.2, 0) is 32.5 Å². The lowest BCUT2D eigenvalue weighted by molar-refractivity contribution is -0.114. The molecule has 0 radical (unpaired) electrons. The number of rotatable bonds is 6. The van der Waals surface area contributed by atoms with E-state index < -0.39 is 28.4 Å². The molecule has 8 nitrogen and oxygen atoms in total. The van der Waals surface area contributed by atoms with Gasteiger partial charge in [-0.25, -0.2) is 13.2 Å². The first-order valence-electron chi connectivity index (χ1n) is 10.4. The number of hydrogen-bond acceptors (Lipinski definition) is 7. The molecule has 3 aromatic rings. The van der Waals surface area contributed by atoms with Crippen LogP contribution >= 0.6 is 11.3 Å². The van der Waals surface area contributed by atoms with E-state index in [0.717, 1.165) is 38.3 Å². The average Bonchev–Trinajstić information content (AvgIpc) is 3.12. The van der Waals surface area contributed by atoms with Crippen molar-refractivity contribution in [3.63, 3.8) is 0 Å². The molecule has 0 saturated carbocycles. The number of thiophene rings is 1. The van der Waals surface area contributed by atoms with Gasteiger partial charge in [-0.2, -0.15) is 0 Å². The summed E-state index contributed by atoms with van der Waals surface area (Å²) in [6, 6.07) is 12.7. The maximum Gasteiger partial charge on any atom is 0.341 e. The van der Waals surface area contributed by atoms with Crippen LogP contribution in [0.15, 0.2) is 42.5 Å². The molecule has 1 N–H and O–H groups in total. The first-order valence-corrected chi connectivity index (χ1v) is 13.0. The van der Waals surface area contributed by atoms with Crippen LogP contribution in [0.1, 0.15) is 20.8 Å². The van der Waals surface area contributed by atoms with Gasteiger partial charge in [-0.1, -0.05) is 36.4 Å². The van der Waals surface area contributed by atoms with E-state index in [1.807, 2.05) is 37.4 Å². The van der Waals surface area contributed by atoms with Crippen LogP contribution in [0.3, 0.4) is 0 Å². The van der Waals surface area contributed by atoms with Crippen molar-refractivity contribution in [3.8, 4) is 0 Å². The maximum absolute atomic E-state index is 13.0. The van der Waals surface area contributed by atoms with Gasteiger partial charge in [-0.05, 0) is 30.5 Å². The molecule has 0 unspecified atom stereocenters. The lowest BCUT2D eigenvalue weighted by atomic mass is 10.0. The summed E-state index contributed by atoms with van der Waals surface area (Å²) in [5.41, 5.74) is 1.66. The topological polar surface area (TPSA) is 96.0 Å². The minimum Gasteiger partial charge on any atom is -0.465 e. The molecule has 0 atom stereocenters. The van der Waals surface area contributed by atoms with E-state index in [4.69, 9.17) is 4.74 Å². The Balaban J connectivity index is 1.66. The molecule has 1 aromatic heterocycles. The zero-order chi connectivity index (χ0) is 23.8. The van der Waals surface area contributed by atoms with E-state index in [1.54, 1.807) is 12.1 Å². The number of nitrogens with zero attached hydrogens (tertiary/aromatic N) is 2. The molecule has 0 fully saturated rings. The second kappa shape index (κ2) is 9.12. The van der Waals surface area contributed by atoms with Gasteiger partial charge in [-0.15, -0.1) is 11.3 Å².